The Morgan fingerprint density at radius 2 is 2.00 bits per heavy atom. The fourth-order valence-corrected chi connectivity index (χ4v) is 3.21. The maximum absolute atomic E-state index is 13.6. The molecule has 5 nitrogen and oxygen atoms in total. The maximum Gasteiger partial charge on any atom is 0.251 e. The zero-order valence-corrected chi connectivity index (χ0v) is 13.4. The fourth-order valence-electron chi connectivity index (χ4n) is 3.21. The highest BCUT2D eigenvalue weighted by molar-refractivity contribution is 5.81. The van der Waals surface area contributed by atoms with Gasteiger partial charge in [0.25, 0.3) is 5.91 Å². The van der Waals surface area contributed by atoms with Gasteiger partial charge in [-0.25, -0.2) is 8.78 Å². The lowest BCUT2D eigenvalue weighted by molar-refractivity contribution is -0.144. The van der Waals surface area contributed by atoms with Crippen molar-refractivity contribution in [2.24, 2.45) is 5.73 Å². The minimum Gasteiger partial charge on any atom is -0.487 e. The van der Waals surface area contributed by atoms with Crippen molar-refractivity contribution in [3.63, 3.8) is 0 Å². The van der Waals surface area contributed by atoms with E-state index >= 15 is 0 Å². The highest BCUT2D eigenvalue weighted by Crippen LogP contribution is 2.25. The Hall–Kier alpha value is -1.73. The summed E-state index contributed by atoms with van der Waals surface area (Å²) in [5, 5.41) is 0. The summed E-state index contributed by atoms with van der Waals surface area (Å²) in [7, 11) is 0. The highest BCUT2D eigenvalue weighted by Gasteiger charge is 2.34. The fraction of sp³-hybridized carbons (Fsp3) is 0.588. The minimum atomic E-state index is -0.708. The molecule has 1 aromatic carbocycles. The molecule has 0 aliphatic carbocycles. The average molecular weight is 340 g/mol. The average Bonchev–Trinajstić information content (AvgIpc) is 3.06. The molecule has 0 radical (unpaired) electrons. The van der Waals surface area contributed by atoms with E-state index in [9.17, 15) is 13.6 Å². The van der Waals surface area contributed by atoms with Crippen LogP contribution in [0.2, 0.25) is 0 Å². The van der Waals surface area contributed by atoms with Crippen LogP contribution in [0.25, 0.3) is 0 Å². The van der Waals surface area contributed by atoms with Crippen LogP contribution in [0.1, 0.15) is 25.7 Å². The van der Waals surface area contributed by atoms with E-state index in [2.05, 4.69) is 0 Å². The first-order chi connectivity index (χ1) is 11.6. The number of rotatable bonds is 4. The largest absolute Gasteiger partial charge is 0.487 e. The van der Waals surface area contributed by atoms with E-state index in [4.69, 9.17) is 15.2 Å². The Morgan fingerprint density at radius 3 is 2.62 bits per heavy atom. The molecule has 132 valence electrons. The molecule has 2 N–H and O–H groups in total. The summed E-state index contributed by atoms with van der Waals surface area (Å²) in [5.74, 6) is -1.29. The predicted molar refractivity (Wildman–Crippen MR) is 83.5 cm³/mol. The monoisotopic (exact) mass is 340 g/mol. The molecule has 2 atom stereocenters. The third kappa shape index (κ3) is 3.84. The zero-order valence-electron chi connectivity index (χ0n) is 13.4. The van der Waals surface area contributed by atoms with Gasteiger partial charge in [-0.1, -0.05) is 0 Å². The number of carbonyl (C=O) groups is 1. The molecule has 1 amide bonds. The van der Waals surface area contributed by atoms with Gasteiger partial charge in [-0.05, 0) is 25.0 Å². The molecule has 1 aromatic rings. The Labute approximate surface area is 139 Å². The molecule has 2 aliphatic heterocycles. The summed E-state index contributed by atoms with van der Waals surface area (Å²) >= 11 is 0. The molecule has 3 rings (SSSR count). The number of ether oxygens (including phenoxy) is 2. The van der Waals surface area contributed by atoms with Crippen LogP contribution in [0.3, 0.4) is 0 Å². The highest BCUT2D eigenvalue weighted by atomic mass is 19.1. The van der Waals surface area contributed by atoms with Gasteiger partial charge in [0, 0.05) is 38.5 Å². The summed E-state index contributed by atoms with van der Waals surface area (Å²) in [6.07, 6.45) is 2.13. The van der Waals surface area contributed by atoms with Crippen molar-refractivity contribution in [3.8, 4) is 5.75 Å². The lowest BCUT2D eigenvalue weighted by Crippen LogP contribution is -2.46. The summed E-state index contributed by atoms with van der Waals surface area (Å²) < 4.78 is 37.8. The van der Waals surface area contributed by atoms with Crippen molar-refractivity contribution < 1.29 is 23.0 Å². The summed E-state index contributed by atoms with van der Waals surface area (Å²) in [4.78, 5) is 14.2. The standard InChI is InChI=1S/C17H22F2N2O3/c18-11-1-3-15(14(19)9-11)23-12-5-7-21(8-6-12)17(22)16-4-2-13(10-20)24-16/h1,3,9,12-13,16H,2,4-8,10,20H2/t13-,16+/m1/s1. The SMILES string of the molecule is NC[C@H]1CC[C@@H](C(=O)N2CCC(Oc3ccc(F)cc3F)CC2)O1. The van der Waals surface area contributed by atoms with E-state index < -0.39 is 17.7 Å². The summed E-state index contributed by atoms with van der Waals surface area (Å²) in [6.45, 7) is 1.52. The second-order valence-corrected chi connectivity index (χ2v) is 6.28. The van der Waals surface area contributed by atoms with Crippen molar-refractivity contribution in [3.05, 3.63) is 29.8 Å². The molecular weight excluding hydrogens is 318 g/mol. The molecule has 24 heavy (non-hydrogen) atoms. The number of hydrogen-bond acceptors (Lipinski definition) is 4. The number of piperidine rings is 1. The summed E-state index contributed by atoms with van der Waals surface area (Å²) in [6, 6.07) is 3.27. The van der Waals surface area contributed by atoms with E-state index in [1.54, 1.807) is 4.90 Å². The van der Waals surface area contributed by atoms with Gasteiger partial charge in [0.2, 0.25) is 0 Å². The van der Waals surface area contributed by atoms with Gasteiger partial charge >= 0.3 is 0 Å². The molecule has 0 saturated carbocycles. The molecule has 7 heteroatoms. The molecule has 2 saturated heterocycles. The first kappa shape index (κ1) is 17.1. The van der Waals surface area contributed by atoms with Crippen LogP contribution >= 0.6 is 0 Å². The van der Waals surface area contributed by atoms with Gasteiger partial charge < -0.3 is 20.1 Å². The smallest absolute Gasteiger partial charge is 0.251 e. The Bertz CT molecular complexity index is 591. The lowest BCUT2D eigenvalue weighted by atomic mass is 10.1. The second-order valence-electron chi connectivity index (χ2n) is 6.28. The van der Waals surface area contributed by atoms with E-state index in [0.717, 1.165) is 12.5 Å². The van der Waals surface area contributed by atoms with Crippen LogP contribution in [-0.2, 0) is 9.53 Å². The van der Waals surface area contributed by atoms with Crippen LogP contribution in [-0.4, -0.2) is 48.8 Å². The minimum absolute atomic E-state index is 0.00244. The van der Waals surface area contributed by atoms with Crippen molar-refractivity contribution in [2.45, 2.75) is 44.0 Å². The van der Waals surface area contributed by atoms with Gasteiger partial charge in [-0.15, -0.1) is 0 Å². The first-order valence-electron chi connectivity index (χ1n) is 8.33. The number of likely N-dealkylation sites (tertiary alicyclic amines) is 1. The van der Waals surface area contributed by atoms with Crippen LogP contribution in [0, 0.1) is 11.6 Å². The normalized spacial score (nSPS) is 25.0. The molecule has 0 spiro atoms. The van der Waals surface area contributed by atoms with Gasteiger partial charge in [0.15, 0.2) is 11.6 Å². The molecule has 2 fully saturated rings. The Kier molecular flexibility index (Phi) is 5.30. The lowest BCUT2D eigenvalue weighted by Gasteiger charge is -2.33. The van der Waals surface area contributed by atoms with Crippen molar-refractivity contribution >= 4 is 5.91 Å². The molecule has 0 bridgehead atoms. The number of hydrogen-bond donors (Lipinski definition) is 1. The molecular formula is C17H22F2N2O3. The number of carbonyl (C=O) groups excluding carboxylic acids is 1. The van der Waals surface area contributed by atoms with Crippen molar-refractivity contribution in [1.29, 1.82) is 0 Å². The van der Waals surface area contributed by atoms with Crippen molar-refractivity contribution in [1.82, 2.24) is 4.90 Å². The van der Waals surface area contributed by atoms with E-state index in [0.29, 0.717) is 38.9 Å². The van der Waals surface area contributed by atoms with Gasteiger partial charge in [-0.3, -0.25) is 4.79 Å². The molecule has 0 unspecified atom stereocenters. The van der Waals surface area contributed by atoms with Gasteiger partial charge in [-0.2, -0.15) is 0 Å². The van der Waals surface area contributed by atoms with Gasteiger partial charge in [0.1, 0.15) is 18.0 Å². The van der Waals surface area contributed by atoms with Crippen LogP contribution < -0.4 is 10.5 Å². The van der Waals surface area contributed by atoms with Crippen molar-refractivity contribution in [2.75, 3.05) is 19.6 Å². The molecule has 2 heterocycles. The third-order valence-electron chi connectivity index (χ3n) is 4.59. The number of amides is 1. The number of nitrogens with zero attached hydrogens (tertiary/aromatic N) is 1. The van der Waals surface area contributed by atoms with E-state index in [1.807, 2.05) is 0 Å². The molecule has 0 aromatic heterocycles. The first-order valence-corrected chi connectivity index (χ1v) is 8.33. The quantitative estimate of drug-likeness (QED) is 0.908. The Balaban J connectivity index is 1.49. The van der Waals surface area contributed by atoms with Crippen LogP contribution in [0.15, 0.2) is 18.2 Å². The number of nitrogens with two attached hydrogens (primary N) is 1. The maximum atomic E-state index is 13.6. The van der Waals surface area contributed by atoms with E-state index in [-0.39, 0.29) is 23.9 Å². The number of halogens is 2. The topological polar surface area (TPSA) is 64.8 Å². The number of benzene rings is 1. The van der Waals surface area contributed by atoms with Crippen LogP contribution in [0.5, 0.6) is 5.75 Å². The predicted octanol–water partition coefficient (Wildman–Crippen LogP) is 1.84. The summed E-state index contributed by atoms with van der Waals surface area (Å²) in [5.41, 5.74) is 5.57. The van der Waals surface area contributed by atoms with Crippen LogP contribution in [0.4, 0.5) is 8.78 Å². The molecule has 2 aliphatic rings. The third-order valence-corrected chi connectivity index (χ3v) is 4.59. The zero-order chi connectivity index (χ0) is 17.1. The second kappa shape index (κ2) is 7.44. The Morgan fingerprint density at radius 1 is 1.25 bits per heavy atom. The van der Waals surface area contributed by atoms with Gasteiger partial charge in [0.05, 0.1) is 6.10 Å². The van der Waals surface area contributed by atoms with E-state index in [1.165, 1.54) is 12.1 Å².